The van der Waals surface area contributed by atoms with Crippen LogP contribution < -0.4 is 15.6 Å². The zero-order valence-corrected chi connectivity index (χ0v) is 19.4. The van der Waals surface area contributed by atoms with Crippen molar-refractivity contribution in [3.63, 3.8) is 0 Å². The Morgan fingerprint density at radius 2 is 1.33 bits per heavy atom. The van der Waals surface area contributed by atoms with Crippen LogP contribution in [0.25, 0.3) is 11.0 Å². The summed E-state index contributed by atoms with van der Waals surface area (Å²) in [7, 11) is -2.73. The van der Waals surface area contributed by atoms with Crippen LogP contribution >= 0.6 is 27.5 Å². The van der Waals surface area contributed by atoms with Crippen LogP contribution in [0.5, 0.6) is 0 Å². The summed E-state index contributed by atoms with van der Waals surface area (Å²) >= 11 is 10.3. The van der Waals surface area contributed by atoms with Crippen LogP contribution in [0.4, 0.5) is 0 Å². The average molecular weight is 490 g/mol. The third kappa shape index (κ3) is 3.03. The van der Waals surface area contributed by atoms with Gasteiger partial charge in [0.2, 0.25) is 0 Å². The Labute approximate surface area is 190 Å². The highest BCUT2D eigenvalue weighted by molar-refractivity contribution is 9.10. The smallest absolute Gasteiger partial charge is 0.259 e. The van der Waals surface area contributed by atoms with E-state index in [-0.39, 0.29) is 0 Å². The highest BCUT2D eigenvalue weighted by atomic mass is 79.9. The van der Waals surface area contributed by atoms with Crippen molar-refractivity contribution in [1.82, 2.24) is 9.22 Å². The van der Waals surface area contributed by atoms with Crippen LogP contribution in [0.2, 0.25) is 5.02 Å². The van der Waals surface area contributed by atoms with Crippen molar-refractivity contribution in [2.75, 3.05) is 0 Å². The van der Waals surface area contributed by atoms with Crippen LogP contribution in [0.15, 0.2) is 114 Å². The number of aromatic nitrogens is 2. The molecule has 0 unspecified atom stereocenters. The van der Waals surface area contributed by atoms with Gasteiger partial charge in [0.05, 0.1) is 17.4 Å². The van der Waals surface area contributed by atoms with E-state index >= 15 is 0 Å². The number of hydrogen-bond donors (Lipinski definition) is 0. The number of halogens is 2. The van der Waals surface area contributed by atoms with Gasteiger partial charge in [-0.1, -0.05) is 106 Å². The zero-order chi connectivity index (χ0) is 20.6. The van der Waals surface area contributed by atoms with Crippen molar-refractivity contribution in [1.29, 1.82) is 0 Å². The van der Waals surface area contributed by atoms with Gasteiger partial charge in [0.1, 0.15) is 0 Å². The second kappa shape index (κ2) is 7.87. The first-order chi connectivity index (χ1) is 14.7. The number of rotatable bonds is 4. The van der Waals surface area contributed by atoms with Gasteiger partial charge >= 0.3 is 0 Å². The number of fused-ring (bicyclic) bond motifs is 1. The van der Waals surface area contributed by atoms with Crippen LogP contribution in [0.1, 0.15) is 0 Å². The molecule has 1 heterocycles. The van der Waals surface area contributed by atoms with Crippen molar-refractivity contribution in [3.8, 4) is 0 Å². The number of hydrogen-bond acceptors (Lipinski definition) is 1. The predicted molar refractivity (Wildman–Crippen MR) is 132 cm³/mol. The molecule has 5 rings (SSSR count). The van der Waals surface area contributed by atoms with E-state index in [2.05, 4.69) is 105 Å². The van der Waals surface area contributed by atoms with Gasteiger partial charge in [-0.2, -0.15) is 0 Å². The van der Waals surface area contributed by atoms with E-state index in [9.17, 15) is 0 Å². The largest absolute Gasteiger partial charge is 0.345 e. The molecule has 0 fully saturated rings. The Bertz CT molecular complexity index is 1280. The standard InChI is InChI=1S/C25H18BrClN2Si/c26-22-13-7-8-14-25(22)30(20-9-3-1-4-10-20,21-11-5-2-6-12-21)29-18-28-23-16-15-19(27)17-24(23)29/h1-18H. The molecule has 30 heavy (non-hydrogen) atoms. The van der Waals surface area contributed by atoms with Crippen molar-refractivity contribution < 1.29 is 0 Å². The topological polar surface area (TPSA) is 17.8 Å². The lowest BCUT2D eigenvalue weighted by Crippen LogP contribution is -2.72. The van der Waals surface area contributed by atoms with Gasteiger partial charge in [0, 0.05) is 9.50 Å². The second-order valence-electron chi connectivity index (χ2n) is 7.17. The average Bonchev–Trinajstić information content (AvgIpc) is 3.20. The first kappa shape index (κ1) is 19.3. The van der Waals surface area contributed by atoms with Gasteiger partial charge < -0.3 is 4.23 Å². The molecule has 0 saturated heterocycles. The maximum absolute atomic E-state index is 6.43. The lowest BCUT2D eigenvalue weighted by molar-refractivity contribution is 1.19. The molecule has 0 aliphatic heterocycles. The normalized spacial score (nSPS) is 11.7. The van der Waals surface area contributed by atoms with Crippen molar-refractivity contribution in [3.05, 3.63) is 119 Å². The molecule has 0 bridgehead atoms. The molecule has 0 spiro atoms. The summed E-state index contributed by atoms with van der Waals surface area (Å²) in [6.45, 7) is 0. The van der Waals surface area contributed by atoms with Gasteiger partial charge in [-0.15, -0.1) is 0 Å². The third-order valence-electron chi connectivity index (χ3n) is 5.52. The monoisotopic (exact) mass is 488 g/mol. The molecule has 0 N–H and O–H groups in total. The fraction of sp³-hybridized carbons (Fsp3) is 0. The Morgan fingerprint density at radius 1 is 0.733 bits per heavy atom. The molecule has 5 aromatic rings. The van der Waals surface area contributed by atoms with Crippen LogP contribution in [-0.4, -0.2) is 17.5 Å². The number of nitrogens with zero attached hydrogens (tertiary/aromatic N) is 2. The summed E-state index contributed by atoms with van der Waals surface area (Å²) in [4.78, 5) is 4.76. The molecule has 0 amide bonds. The van der Waals surface area contributed by atoms with Gasteiger partial charge in [-0.3, -0.25) is 0 Å². The molecular formula is C25H18BrClN2Si. The first-order valence-electron chi connectivity index (χ1n) is 9.70. The summed E-state index contributed by atoms with van der Waals surface area (Å²) in [5.74, 6) is 0. The van der Waals surface area contributed by atoms with Crippen LogP contribution in [0, 0.1) is 0 Å². The van der Waals surface area contributed by atoms with E-state index in [0.717, 1.165) is 15.5 Å². The minimum Gasteiger partial charge on any atom is -0.345 e. The molecule has 0 radical (unpaired) electrons. The molecule has 4 aromatic carbocycles. The molecule has 5 heteroatoms. The van der Waals surface area contributed by atoms with E-state index in [0.29, 0.717) is 5.02 Å². The Kier molecular flexibility index (Phi) is 5.07. The SMILES string of the molecule is Clc1ccc2ncn([Si](c3ccccc3)(c3ccccc3)c3ccccc3Br)c2c1. The van der Waals surface area contributed by atoms with E-state index < -0.39 is 8.24 Å². The lowest BCUT2D eigenvalue weighted by Gasteiger charge is -2.35. The summed E-state index contributed by atoms with van der Waals surface area (Å²) in [6, 6.07) is 35.9. The maximum atomic E-state index is 6.43. The highest BCUT2D eigenvalue weighted by Gasteiger charge is 2.44. The van der Waals surface area contributed by atoms with Crippen LogP contribution in [0.3, 0.4) is 0 Å². The first-order valence-corrected chi connectivity index (χ1v) is 12.8. The maximum Gasteiger partial charge on any atom is 0.259 e. The quantitative estimate of drug-likeness (QED) is 0.257. The zero-order valence-electron chi connectivity index (χ0n) is 16.0. The van der Waals surface area contributed by atoms with Gasteiger partial charge in [0.15, 0.2) is 0 Å². The molecule has 0 atom stereocenters. The molecule has 0 aliphatic carbocycles. The fourth-order valence-corrected chi connectivity index (χ4v) is 10.2. The Hall–Kier alpha value is -2.66. The summed E-state index contributed by atoms with van der Waals surface area (Å²) in [6.07, 6.45) is 1.98. The van der Waals surface area contributed by atoms with Gasteiger partial charge in [-0.25, -0.2) is 4.98 Å². The van der Waals surface area contributed by atoms with E-state index in [1.54, 1.807) is 0 Å². The molecular weight excluding hydrogens is 472 g/mol. The lowest BCUT2D eigenvalue weighted by atomic mass is 10.3. The van der Waals surface area contributed by atoms with E-state index in [1.807, 2.05) is 24.5 Å². The van der Waals surface area contributed by atoms with Gasteiger partial charge in [0.25, 0.3) is 8.24 Å². The molecule has 0 aliphatic rings. The summed E-state index contributed by atoms with van der Waals surface area (Å²) in [5, 5.41) is 4.53. The van der Waals surface area contributed by atoms with Gasteiger partial charge in [-0.05, 0) is 39.8 Å². The Morgan fingerprint density at radius 3 is 1.97 bits per heavy atom. The second-order valence-corrected chi connectivity index (χ2v) is 12.1. The number of imidazole rings is 1. The molecule has 146 valence electrons. The minimum absolute atomic E-state index is 0.709. The van der Waals surface area contributed by atoms with Crippen molar-refractivity contribution in [2.24, 2.45) is 0 Å². The van der Waals surface area contributed by atoms with Crippen LogP contribution in [-0.2, 0) is 0 Å². The number of benzene rings is 4. The van der Waals surface area contributed by atoms with E-state index in [1.165, 1.54) is 15.6 Å². The summed E-state index contributed by atoms with van der Waals surface area (Å²) < 4.78 is 3.46. The van der Waals surface area contributed by atoms with E-state index in [4.69, 9.17) is 16.6 Å². The third-order valence-corrected chi connectivity index (χ3v) is 11.4. The fourth-order valence-electron chi connectivity index (χ4n) is 4.25. The summed E-state index contributed by atoms with van der Waals surface area (Å²) in [5.41, 5.74) is 1.98. The molecule has 0 saturated carbocycles. The van der Waals surface area contributed by atoms with Crippen molar-refractivity contribution >= 4 is 62.4 Å². The van der Waals surface area contributed by atoms with Crippen molar-refractivity contribution in [2.45, 2.75) is 0 Å². The molecule has 1 aromatic heterocycles. The minimum atomic E-state index is -2.73. The highest BCUT2D eigenvalue weighted by Crippen LogP contribution is 2.24. The predicted octanol–water partition coefficient (Wildman–Crippen LogP) is 4.97. The molecule has 2 nitrogen and oxygen atoms in total. The Balaban J connectivity index is 2.00.